The second-order valence-corrected chi connectivity index (χ2v) is 6.41. The predicted molar refractivity (Wildman–Crippen MR) is 121 cm³/mol. The molecule has 1 amide bonds. The van der Waals surface area contributed by atoms with Crippen LogP contribution in [0.5, 0.6) is 0 Å². The highest BCUT2D eigenvalue weighted by Gasteiger charge is 2.09. The van der Waals surface area contributed by atoms with E-state index < -0.39 is 18.0 Å². The summed E-state index contributed by atoms with van der Waals surface area (Å²) in [7, 11) is 0. The summed E-state index contributed by atoms with van der Waals surface area (Å²) in [5.41, 5.74) is 11.8. The van der Waals surface area contributed by atoms with Crippen molar-refractivity contribution in [2.45, 2.75) is 64.8 Å². The zero-order chi connectivity index (χ0) is 23.4. The van der Waals surface area contributed by atoms with E-state index in [-0.39, 0.29) is 12.1 Å². The van der Waals surface area contributed by atoms with E-state index in [1.807, 2.05) is 13.8 Å². The monoisotopic (exact) mass is 442 g/mol. The molecule has 0 heterocycles. The Morgan fingerprint density at radius 2 is 1.58 bits per heavy atom. The van der Waals surface area contributed by atoms with E-state index in [0.29, 0.717) is 31.4 Å². The highest BCUT2D eigenvalue weighted by atomic mass is 16.4. The van der Waals surface area contributed by atoms with Gasteiger partial charge in [0, 0.05) is 24.1 Å². The molecule has 0 unspecified atom stereocenters. The van der Waals surface area contributed by atoms with E-state index in [1.54, 1.807) is 24.3 Å². The normalized spacial score (nSPS) is 10.1. The van der Waals surface area contributed by atoms with Crippen LogP contribution in [0.4, 0.5) is 5.69 Å². The molecule has 31 heavy (non-hydrogen) atoms. The smallest absolute Gasteiger partial charge is 0.320 e. The predicted octanol–water partition coefficient (Wildman–Crippen LogP) is 2.80. The standard InChI is InChI=1S/C11H13NO2.C6H14N2O2.C4H8O2.H3N/c1-2-3-11(14)12-10-6-4-9(8-13)5-7-10;7-4-2-1-3-5(8)6(9)10;1-2-3-4(5)6;/h4-8H,2-3H2,1H3,(H,12,14);5H,1-4,7-8H2,(H,9,10);2-3H2,1H3,(H,5,6);1H3/t;5-;;/m.0../s1. The zero-order valence-corrected chi connectivity index (χ0v) is 18.5. The third-order valence-corrected chi connectivity index (χ3v) is 3.56. The minimum absolute atomic E-state index is 0. The van der Waals surface area contributed by atoms with Gasteiger partial charge in [0.2, 0.25) is 5.91 Å². The van der Waals surface area contributed by atoms with Gasteiger partial charge in [0.15, 0.2) is 0 Å². The number of aliphatic carboxylic acids is 2. The van der Waals surface area contributed by atoms with Crippen molar-refractivity contribution in [1.82, 2.24) is 6.15 Å². The lowest BCUT2D eigenvalue weighted by Crippen LogP contribution is -2.29. The molecule has 0 saturated heterocycles. The van der Waals surface area contributed by atoms with Crippen molar-refractivity contribution in [3.63, 3.8) is 0 Å². The van der Waals surface area contributed by atoms with Crippen LogP contribution in [0.15, 0.2) is 24.3 Å². The highest BCUT2D eigenvalue weighted by molar-refractivity contribution is 5.91. The van der Waals surface area contributed by atoms with E-state index in [4.69, 9.17) is 21.7 Å². The second kappa shape index (κ2) is 21.9. The van der Waals surface area contributed by atoms with Gasteiger partial charge in [0.1, 0.15) is 12.3 Å². The maximum Gasteiger partial charge on any atom is 0.320 e. The van der Waals surface area contributed by atoms with Gasteiger partial charge in [0.25, 0.3) is 0 Å². The fourth-order valence-corrected chi connectivity index (χ4v) is 1.94. The number of nitrogens with one attached hydrogen (secondary N) is 1. The molecule has 178 valence electrons. The molecule has 0 spiro atoms. The SMILES string of the molecule is CCCC(=O)Nc1ccc(C=O)cc1.CCCC(=O)O.N.NCCCC[C@H](N)C(=O)O. The summed E-state index contributed by atoms with van der Waals surface area (Å²) >= 11 is 0. The molecular formula is C21H38N4O6. The Bertz CT molecular complexity index is 623. The first-order valence-corrected chi connectivity index (χ1v) is 9.97. The number of nitrogens with two attached hydrogens (primary N) is 2. The number of aldehydes is 1. The molecule has 10 heteroatoms. The quantitative estimate of drug-likeness (QED) is 0.219. The fourth-order valence-electron chi connectivity index (χ4n) is 1.94. The maximum absolute atomic E-state index is 11.2. The summed E-state index contributed by atoms with van der Waals surface area (Å²) in [6, 6.07) is 6.07. The Labute approximate surface area is 184 Å². The Hall–Kier alpha value is -2.82. The summed E-state index contributed by atoms with van der Waals surface area (Å²) in [6.45, 7) is 4.40. The minimum atomic E-state index is -0.933. The number of carboxylic acids is 2. The Morgan fingerprint density at radius 3 is 1.94 bits per heavy atom. The summed E-state index contributed by atoms with van der Waals surface area (Å²) in [5, 5.41) is 19.0. The lowest BCUT2D eigenvalue weighted by atomic mass is 10.1. The van der Waals surface area contributed by atoms with Gasteiger partial charge in [-0.1, -0.05) is 20.3 Å². The second-order valence-electron chi connectivity index (χ2n) is 6.41. The summed E-state index contributed by atoms with van der Waals surface area (Å²) in [6.07, 6.45) is 5.32. The van der Waals surface area contributed by atoms with Crippen molar-refractivity contribution < 1.29 is 29.4 Å². The summed E-state index contributed by atoms with van der Waals surface area (Å²) in [5.74, 6) is -1.64. The molecule has 0 aliphatic rings. The number of anilines is 1. The van der Waals surface area contributed by atoms with Crippen LogP contribution in [0, 0.1) is 0 Å². The molecule has 0 fully saturated rings. The van der Waals surface area contributed by atoms with Crippen LogP contribution in [-0.2, 0) is 14.4 Å². The van der Waals surface area contributed by atoms with Crippen molar-refractivity contribution in [3.8, 4) is 0 Å². The molecule has 1 aromatic carbocycles. The van der Waals surface area contributed by atoms with Gasteiger partial charge in [-0.05, 0) is 56.5 Å². The number of carboxylic acid groups (broad SMARTS) is 2. The summed E-state index contributed by atoms with van der Waals surface area (Å²) in [4.78, 5) is 41.3. The number of amides is 1. The van der Waals surface area contributed by atoms with E-state index in [1.165, 1.54) is 0 Å². The Morgan fingerprint density at radius 1 is 1.03 bits per heavy atom. The molecule has 0 bridgehead atoms. The van der Waals surface area contributed by atoms with Crippen LogP contribution < -0.4 is 22.9 Å². The number of carbonyl (C=O) groups excluding carboxylic acids is 2. The van der Waals surface area contributed by atoms with Crippen molar-refractivity contribution >= 4 is 29.8 Å². The third-order valence-electron chi connectivity index (χ3n) is 3.56. The van der Waals surface area contributed by atoms with Crippen LogP contribution in [-0.4, -0.2) is 46.9 Å². The number of rotatable bonds is 11. The lowest BCUT2D eigenvalue weighted by molar-refractivity contribution is -0.139. The van der Waals surface area contributed by atoms with Crippen molar-refractivity contribution in [2.75, 3.05) is 11.9 Å². The number of carbonyl (C=O) groups is 4. The van der Waals surface area contributed by atoms with Crippen LogP contribution in [0.25, 0.3) is 0 Å². The maximum atomic E-state index is 11.2. The molecule has 0 aliphatic heterocycles. The van der Waals surface area contributed by atoms with Gasteiger partial charge in [-0.25, -0.2) is 0 Å². The molecule has 0 saturated carbocycles. The van der Waals surface area contributed by atoms with Gasteiger partial charge in [0.05, 0.1) is 0 Å². The van der Waals surface area contributed by atoms with Crippen molar-refractivity contribution in [2.24, 2.45) is 11.5 Å². The van der Waals surface area contributed by atoms with E-state index >= 15 is 0 Å². The van der Waals surface area contributed by atoms with E-state index in [0.717, 1.165) is 37.7 Å². The topological polar surface area (TPSA) is 208 Å². The molecule has 0 aromatic heterocycles. The number of benzene rings is 1. The van der Waals surface area contributed by atoms with E-state index in [2.05, 4.69) is 5.32 Å². The lowest BCUT2D eigenvalue weighted by Gasteiger charge is -2.03. The summed E-state index contributed by atoms with van der Waals surface area (Å²) < 4.78 is 0. The molecular weight excluding hydrogens is 404 g/mol. The highest BCUT2D eigenvalue weighted by Crippen LogP contribution is 2.08. The first-order valence-electron chi connectivity index (χ1n) is 9.97. The molecule has 1 rings (SSSR count). The van der Waals surface area contributed by atoms with Crippen LogP contribution in [0.3, 0.4) is 0 Å². The van der Waals surface area contributed by atoms with E-state index in [9.17, 15) is 19.2 Å². The van der Waals surface area contributed by atoms with Gasteiger partial charge >= 0.3 is 11.9 Å². The molecule has 1 aromatic rings. The Balaban J connectivity index is -0.000000407. The van der Waals surface area contributed by atoms with Crippen LogP contribution in [0.2, 0.25) is 0 Å². The molecule has 0 aliphatic carbocycles. The van der Waals surface area contributed by atoms with Crippen molar-refractivity contribution in [3.05, 3.63) is 29.8 Å². The van der Waals surface area contributed by atoms with Gasteiger partial charge in [-0.15, -0.1) is 0 Å². The Kier molecular flexibility index (Phi) is 23.2. The molecule has 1 atom stereocenters. The van der Waals surface area contributed by atoms with Gasteiger partial charge in [-0.3, -0.25) is 19.2 Å². The molecule has 10 nitrogen and oxygen atoms in total. The van der Waals surface area contributed by atoms with Crippen molar-refractivity contribution in [1.29, 1.82) is 0 Å². The van der Waals surface area contributed by atoms with Crippen LogP contribution in [0.1, 0.15) is 69.2 Å². The molecule has 0 radical (unpaired) electrons. The van der Waals surface area contributed by atoms with Gasteiger partial charge in [-0.2, -0.15) is 0 Å². The van der Waals surface area contributed by atoms with Gasteiger partial charge < -0.3 is 33.1 Å². The average molecular weight is 443 g/mol. The first kappa shape index (κ1) is 32.8. The minimum Gasteiger partial charge on any atom is -0.481 e. The molecule has 10 N–H and O–H groups in total. The fraction of sp³-hybridized carbons (Fsp3) is 0.524. The number of hydrogen-bond donors (Lipinski definition) is 6. The number of unbranched alkanes of at least 4 members (excludes halogenated alkanes) is 1. The average Bonchev–Trinajstić information content (AvgIpc) is 2.69. The largest absolute Gasteiger partial charge is 0.481 e. The third kappa shape index (κ3) is 21.7. The number of hydrogen-bond acceptors (Lipinski definition) is 7. The zero-order valence-electron chi connectivity index (χ0n) is 18.5. The van der Waals surface area contributed by atoms with Crippen LogP contribution >= 0.6 is 0 Å². The first-order chi connectivity index (χ1) is 14.2.